The van der Waals surface area contributed by atoms with Crippen LogP contribution in [0.2, 0.25) is 0 Å². The summed E-state index contributed by atoms with van der Waals surface area (Å²) in [5.74, 6) is -0.513. The minimum atomic E-state index is -4.35. The number of amides is 1. The quantitative estimate of drug-likeness (QED) is 0.245. The van der Waals surface area contributed by atoms with Crippen LogP contribution in [0.4, 0.5) is 17.6 Å². The highest BCUT2D eigenvalue weighted by Crippen LogP contribution is 2.33. The second kappa shape index (κ2) is 9.70. The average molecular weight is 473 g/mol. The molecule has 1 heterocycles. The maximum absolute atomic E-state index is 13.8. The van der Waals surface area contributed by atoms with Gasteiger partial charge in [-0.3, -0.25) is 4.79 Å². The number of para-hydroxylation sites is 1. The first-order valence-corrected chi connectivity index (χ1v) is 11.2. The van der Waals surface area contributed by atoms with Gasteiger partial charge in [0.2, 0.25) is 0 Å². The van der Waals surface area contributed by atoms with E-state index < -0.39 is 23.5 Å². The van der Waals surface area contributed by atoms with E-state index in [-0.39, 0.29) is 5.56 Å². The second-order valence-electron chi connectivity index (χ2n) is 7.42. The second-order valence-corrected chi connectivity index (χ2v) is 8.44. The van der Waals surface area contributed by atoms with Crippen LogP contribution >= 0.6 is 11.8 Å². The van der Waals surface area contributed by atoms with Gasteiger partial charge in [-0.25, -0.2) is 4.39 Å². The van der Waals surface area contributed by atoms with Crippen molar-refractivity contribution in [1.29, 1.82) is 0 Å². The van der Waals surface area contributed by atoms with Crippen LogP contribution in [0.1, 0.15) is 21.5 Å². The lowest BCUT2D eigenvalue weighted by Crippen LogP contribution is -2.27. The lowest BCUT2D eigenvalue weighted by Gasteiger charge is -2.08. The number of aromatic nitrogens is 1. The zero-order valence-electron chi connectivity index (χ0n) is 17.4. The fraction of sp³-hybridized carbons (Fsp3) is 0.160. The van der Waals surface area contributed by atoms with E-state index in [0.717, 1.165) is 33.5 Å². The maximum atomic E-state index is 13.8. The molecule has 170 valence electrons. The fourth-order valence-electron chi connectivity index (χ4n) is 3.49. The van der Waals surface area contributed by atoms with Gasteiger partial charge in [-0.2, -0.15) is 13.2 Å². The van der Waals surface area contributed by atoms with Gasteiger partial charge in [-0.15, -0.1) is 11.8 Å². The lowest BCUT2D eigenvalue weighted by molar-refractivity contribution is -0.137. The van der Waals surface area contributed by atoms with Gasteiger partial charge in [-0.1, -0.05) is 42.5 Å². The normalized spacial score (nSPS) is 11.6. The van der Waals surface area contributed by atoms with E-state index in [0.29, 0.717) is 18.8 Å². The molecule has 0 fully saturated rings. The average Bonchev–Trinajstić information content (AvgIpc) is 3.15. The Morgan fingerprint density at radius 3 is 2.36 bits per heavy atom. The molecule has 1 amide bonds. The summed E-state index contributed by atoms with van der Waals surface area (Å²) in [7, 11) is 0. The molecule has 0 bridgehead atoms. The minimum Gasteiger partial charge on any atom is -0.350 e. The highest BCUT2D eigenvalue weighted by molar-refractivity contribution is 7.98. The molecule has 0 atom stereocenters. The van der Waals surface area contributed by atoms with E-state index in [9.17, 15) is 22.4 Å². The Morgan fingerprint density at radius 2 is 1.64 bits per heavy atom. The van der Waals surface area contributed by atoms with E-state index in [4.69, 9.17) is 0 Å². The molecule has 3 aromatic carbocycles. The highest BCUT2D eigenvalue weighted by atomic mass is 32.2. The van der Waals surface area contributed by atoms with Crippen molar-refractivity contribution in [2.75, 3.05) is 6.54 Å². The third-order valence-electron chi connectivity index (χ3n) is 5.18. The summed E-state index contributed by atoms with van der Waals surface area (Å²) in [6, 6.07) is 18.8. The van der Waals surface area contributed by atoms with E-state index in [1.165, 1.54) is 42.1 Å². The van der Waals surface area contributed by atoms with Gasteiger partial charge in [-0.05, 0) is 35.9 Å². The Morgan fingerprint density at radius 1 is 0.939 bits per heavy atom. The van der Waals surface area contributed by atoms with E-state index in [1.54, 1.807) is 6.07 Å². The number of rotatable bonds is 7. The predicted molar refractivity (Wildman–Crippen MR) is 122 cm³/mol. The number of hydrogen-bond acceptors (Lipinski definition) is 2. The number of fused-ring (bicyclic) bond motifs is 1. The van der Waals surface area contributed by atoms with E-state index in [1.807, 2.05) is 35.0 Å². The van der Waals surface area contributed by atoms with Gasteiger partial charge in [0.1, 0.15) is 5.82 Å². The molecule has 0 radical (unpaired) electrons. The van der Waals surface area contributed by atoms with Crippen molar-refractivity contribution < 1.29 is 22.4 Å². The Bertz CT molecular complexity index is 1270. The molecule has 0 aliphatic carbocycles. The molecule has 4 rings (SSSR count). The van der Waals surface area contributed by atoms with Gasteiger partial charge in [0.25, 0.3) is 5.91 Å². The molecule has 4 aromatic rings. The van der Waals surface area contributed by atoms with Crippen LogP contribution < -0.4 is 5.32 Å². The van der Waals surface area contributed by atoms with Crippen molar-refractivity contribution in [1.82, 2.24) is 9.88 Å². The number of alkyl halides is 3. The third kappa shape index (κ3) is 5.39. The molecule has 0 unspecified atom stereocenters. The largest absolute Gasteiger partial charge is 0.416 e. The van der Waals surface area contributed by atoms with Gasteiger partial charge in [0, 0.05) is 40.8 Å². The number of nitrogens with zero attached hydrogens (tertiary/aromatic N) is 1. The van der Waals surface area contributed by atoms with E-state index in [2.05, 4.69) is 5.32 Å². The van der Waals surface area contributed by atoms with Gasteiger partial charge in [0.15, 0.2) is 0 Å². The number of carbonyl (C=O) groups is 1. The standard InChI is InChI=1S/C25H20F4N2OS/c26-21-7-3-1-5-19(21)24(32)30-13-14-31-15-23(20-6-2-4-8-22(20)31)33-16-17-9-11-18(12-10-17)25(27,28)29/h1-12,15H,13-14,16H2,(H,30,32). The van der Waals surface area contributed by atoms with E-state index >= 15 is 0 Å². The van der Waals surface area contributed by atoms with Crippen LogP contribution in [-0.4, -0.2) is 17.0 Å². The first kappa shape index (κ1) is 22.9. The van der Waals surface area contributed by atoms with Crippen molar-refractivity contribution in [2.45, 2.75) is 23.4 Å². The summed E-state index contributed by atoms with van der Waals surface area (Å²) in [4.78, 5) is 13.2. The first-order chi connectivity index (χ1) is 15.8. The molecule has 0 saturated carbocycles. The molecule has 1 aromatic heterocycles. The smallest absolute Gasteiger partial charge is 0.350 e. The number of nitrogens with one attached hydrogen (secondary N) is 1. The fourth-order valence-corrected chi connectivity index (χ4v) is 4.54. The molecule has 0 aliphatic rings. The molecule has 0 spiro atoms. The Balaban J connectivity index is 1.43. The van der Waals surface area contributed by atoms with Crippen molar-refractivity contribution in [3.05, 3.63) is 102 Å². The van der Waals surface area contributed by atoms with Gasteiger partial charge < -0.3 is 9.88 Å². The van der Waals surface area contributed by atoms with Crippen LogP contribution in [0.3, 0.4) is 0 Å². The van der Waals surface area contributed by atoms with Gasteiger partial charge in [0.05, 0.1) is 11.1 Å². The number of hydrogen-bond donors (Lipinski definition) is 1. The maximum Gasteiger partial charge on any atom is 0.416 e. The zero-order chi connectivity index (χ0) is 23.4. The van der Waals surface area contributed by atoms with Crippen molar-refractivity contribution in [3.63, 3.8) is 0 Å². The Kier molecular flexibility index (Phi) is 6.74. The van der Waals surface area contributed by atoms with Crippen molar-refractivity contribution >= 4 is 28.6 Å². The van der Waals surface area contributed by atoms with Crippen LogP contribution in [0, 0.1) is 5.82 Å². The monoisotopic (exact) mass is 472 g/mol. The summed E-state index contributed by atoms with van der Waals surface area (Å²) in [5.41, 5.74) is 1.11. The molecular formula is C25H20F4N2OS. The summed E-state index contributed by atoms with van der Waals surface area (Å²) in [6.45, 7) is 0.802. The highest BCUT2D eigenvalue weighted by Gasteiger charge is 2.29. The number of carbonyl (C=O) groups excluding carboxylic acids is 1. The Hall–Kier alpha value is -3.26. The number of benzene rings is 3. The van der Waals surface area contributed by atoms with Crippen LogP contribution in [0.25, 0.3) is 10.9 Å². The molecule has 33 heavy (non-hydrogen) atoms. The SMILES string of the molecule is O=C(NCCn1cc(SCc2ccc(C(F)(F)F)cc2)c2ccccc21)c1ccccc1F. The summed E-state index contributed by atoms with van der Waals surface area (Å²) < 4.78 is 54.1. The number of halogens is 4. The third-order valence-corrected chi connectivity index (χ3v) is 6.30. The summed E-state index contributed by atoms with van der Waals surface area (Å²) >= 11 is 1.54. The zero-order valence-corrected chi connectivity index (χ0v) is 18.2. The topological polar surface area (TPSA) is 34.0 Å². The van der Waals surface area contributed by atoms with Gasteiger partial charge >= 0.3 is 6.18 Å². The molecule has 3 nitrogen and oxygen atoms in total. The molecular weight excluding hydrogens is 452 g/mol. The minimum absolute atomic E-state index is 0.00245. The van der Waals surface area contributed by atoms with Crippen LogP contribution in [0.5, 0.6) is 0 Å². The molecule has 0 saturated heterocycles. The van der Waals surface area contributed by atoms with Crippen LogP contribution in [0.15, 0.2) is 83.9 Å². The Labute approximate surface area is 192 Å². The van der Waals surface area contributed by atoms with Crippen LogP contribution in [-0.2, 0) is 18.5 Å². The molecule has 8 heteroatoms. The molecule has 0 aliphatic heterocycles. The molecule has 1 N–H and O–H groups in total. The lowest BCUT2D eigenvalue weighted by atomic mass is 10.1. The van der Waals surface area contributed by atoms with Crippen molar-refractivity contribution in [2.24, 2.45) is 0 Å². The summed E-state index contributed by atoms with van der Waals surface area (Å²) in [5, 5.41) is 3.76. The van der Waals surface area contributed by atoms with Crippen molar-refractivity contribution in [3.8, 4) is 0 Å². The number of thioether (sulfide) groups is 1. The predicted octanol–water partition coefficient (Wildman–Crippen LogP) is 6.52. The first-order valence-electron chi connectivity index (χ1n) is 10.2. The summed E-state index contributed by atoms with van der Waals surface area (Å²) in [6.07, 6.45) is -2.38.